The van der Waals surface area contributed by atoms with E-state index in [9.17, 15) is 8.78 Å². The molecule has 1 unspecified atom stereocenters. The monoisotopic (exact) mass is 362 g/mol. The van der Waals surface area contributed by atoms with Crippen LogP contribution >= 0.6 is 27.3 Å². The molecule has 3 nitrogen and oxygen atoms in total. The maximum Gasteiger partial charge on any atom is 0.387 e. The molecule has 1 aromatic heterocycles. The third-order valence-corrected chi connectivity index (χ3v) is 4.39. The molecule has 1 heterocycles. The second-order valence-electron chi connectivity index (χ2n) is 4.05. The molecule has 0 spiro atoms. The molecule has 2 aromatic rings. The van der Waals surface area contributed by atoms with E-state index >= 15 is 0 Å². The van der Waals surface area contributed by atoms with E-state index in [1.165, 1.54) is 6.07 Å². The van der Waals surface area contributed by atoms with Gasteiger partial charge in [-0.3, -0.25) is 11.3 Å². The average molecular weight is 363 g/mol. The second-order valence-corrected chi connectivity index (χ2v) is 6.59. The number of nitrogens with two attached hydrogens (primary N) is 1. The highest BCUT2D eigenvalue weighted by Crippen LogP contribution is 2.31. The van der Waals surface area contributed by atoms with Gasteiger partial charge in [-0.15, -0.1) is 11.3 Å². The van der Waals surface area contributed by atoms with Gasteiger partial charge >= 0.3 is 6.61 Å². The maximum absolute atomic E-state index is 12.4. The first-order valence-corrected chi connectivity index (χ1v) is 7.45. The number of thiophene rings is 1. The summed E-state index contributed by atoms with van der Waals surface area (Å²) in [7, 11) is 0. The zero-order valence-corrected chi connectivity index (χ0v) is 12.8. The van der Waals surface area contributed by atoms with Crippen LogP contribution in [-0.2, 0) is 6.42 Å². The van der Waals surface area contributed by atoms with Gasteiger partial charge in [-0.1, -0.05) is 18.2 Å². The van der Waals surface area contributed by atoms with E-state index in [0.717, 1.165) is 8.66 Å². The van der Waals surface area contributed by atoms with Gasteiger partial charge in [0.2, 0.25) is 0 Å². The Morgan fingerprint density at radius 3 is 2.60 bits per heavy atom. The van der Waals surface area contributed by atoms with E-state index in [-0.39, 0.29) is 11.8 Å². The Kier molecular flexibility index (Phi) is 5.47. The number of hydrogen-bond acceptors (Lipinski definition) is 4. The van der Waals surface area contributed by atoms with Crippen molar-refractivity contribution in [3.8, 4) is 5.75 Å². The van der Waals surface area contributed by atoms with Crippen molar-refractivity contribution in [3.05, 3.63) is 50.6 Å². The number of nitrogens with one attached hydrogen (secondary N) is 1. The molecule has 0 amide bonds. The number of rotatable bonds is 6. The first-order valence-electron chi connectivity index (χ1n) is 5.84. The molecule has 20 heavy (non-hydrogen) atoms. The highest BCUT2D eigenvalue weighted by Gasteiger charge is 2.18. The molecule has 7 heteroatoms. The summed E-state index contributed by atoms with van der Waals surface area (Å²) in [5.74, 6) is 5.70. The predicted octanol–water partition coefficient (Wildman–Crippen LogP) is 3.86. The number of hydrogen-bond donors (Lipinski definition) is 2. The number of halogens is 3. The zero-order valence-electron chi connectivity index (χ0n) is 10.4. The lowest BCUT2D eigenvalue weighted by Crippen LogP contribution is -2.30. The SMILES string of the molecule is NNC(Cc1ccc(Br)s1)c1ccccc1OC(F)F. The van der Waals surface area contributed by atoms with Crippen molar-refractivity contribution in [2.45, 2.75) is 19.1 Å². The van der Waals surface area contributed by atoms with Crippen LogP contribution in [-0.4, -0.2) is 6.61 Å². The smallest absolute Gasteiger partial charge is 0.387 e. The van der Waals surface area contributed by atoms with Gasteiger partial charge in [-0.25, -0.2) is 0 Å². The molecule has 1 atom stereocenters. The number of alkyl halides is 2. The van der Waals surface area contributed by atoms with Gasteiger partial charge in [0, 0.05) is 16.9 Å². The fraction of sp³-hybridized carbons (Fsp3) is 0.231. The van der Waals surface area contributed by atoms with Crippen LogP contribution < -0.4 is 16.0 Å². The topological polar surface area (TPSA) is 47.3 Å². The van der Waals surface area contributed by atoms with Crippen LogP contribution in [0.4, 0.5) is 8.78 Å². The summed E-state index contributed by atoms with van der Waals surface area (Å²) in [4.78, 5) is 1.09. The second kappa shape index (κ2) is 7.12. The Bertz CT molecular complexity index is 565. The van der Waals surface area contributed by atoms with Gasteiger partial charge in [0.1, 0.15) is 5.75 Å². The van der Waals surface area contributed by atoms with Crippen LogP contribution in [0.2, 0.25) is 0 Å². The van der Waals surface area contributed by atoms with Crippen molar-refractivity contribution >= 4 is 27.3 Å². The Morgan fingerprint density at radius 2 is 2.00 bits per heavy atom. The average Bonchev–Trinajstić information content (AvgIpc) is 2.82. The Morgan fingerprint density at radius 1 is 1.25 bits per heavy atom. The molecular weight excluding hydrogens is 350 g/mol. The predicted molar refractivity (Wildman–Crippen MR) is 78.9 cm³/mol. The van der Waals surface area contributed by atoms with E-state index < -0.39 is 6.61 Å². The molecule has 2 rings (SSSR count). The van der Waals surface area contributed by atoms with Gasteiger partial charge in [0.25, 0.3) is 0 Å². The molecular formula is C13H13BrF2N2OS. The van der Waals surface area contributed by atoms with Gasteiger partial charge in [0.15, 0.2) is 0 Å². The van der Waals surface area contributed by atoms with Gasteiger partial charge in [-0.05, 0) is 34.1 Å². The Balaban J connectivity index is 2.22. The largest absolute Gasteiger partial charge is 0.434 e. The molecule has 3 N–H and O–H groups in total. The minimum atomic E-state index is -2.86. The molecule has 0 saturated heterocycles. The minimum Gasteiger partial charge on any atom is -0.434 e. The highest BCUT2D eigenvalue weighted by molar-refractivity contribution is 9.11. The van der Waals surface area contributed by atoms with Crippen molar-refractivity contribution in [1.29, 1.82) is 0 Å². The van der Waals surface area contributed by atoms with Crippen molar-refractivity contribution < 1.29 is 13.5 Å². The molecule has 0 bridgehead atoms. The fourth-order valence-electron chi connectivity index (χ4n) is 1.89. The third-order valence-electron chi connectivity index (χ3n) is 2.75. The van der Waals surface area contributed by atoms with Crippen molar-refractivity contribution in [2.75, 3.05) is 0 Å². The Hall–Kier alpha value is -1.02. The number of hydrazine groups is 1. The minimum absolute atomic E-state index is 0.140. The van der Waals surface area contributed by atoms with Gasteiger partial charge < -0.3 is 4.74 Å². The summed E-state index contributed by atoms with van der Waals surface area (Å²) in [5, 5.41) is 0. The molecule has 0 aliphatic rings. The van der Waals surface area contributed by atoms with Crippen LogP contribution in [0.3, 0.4) is 0 Å². The van der Waals surface area contributed by atoms with Crippen LogP contribution in [0.15, 0.2) is 40.2 Å². The third kappa shape index (κ3) is 3.99. The van der Waals surface area contributed by atoms with Crippen molar-refractivity contribution in [3.63, 3.8) is 0 Å². The lowest BCUT2D eigenvalue weighted by molar-refractivity contribution is -0.0507. The first-order chi connectivity index (χ1) is 9.60. The number of ether oxygens (including phenoxy) is 1. The summed E-state index contributed by atoms with van der Waals surface area (Å²) in [6.45, 7) is -2.86. The van der Waals surface area contributed by atoms with Gasteiger partial charge in [-0.2, -0.15) is 8.78 Å². The summed E-state index contributed by atoms with van der Waals surface area (Å²) in [6.07, 6.45) is 0.594. The van der Waals surface area contributed by atoms with Crippen LogP contribution in [0.5, 0.6) is 5.75 Å². The lowest BCUT2D eigenvalue weighted by Gasteiger charge is -2.19. The highest BCUT2D eigenvalue weighted by atomic mass is 79.9. The van der Waals surface area contributed by atoms with Gasteiger partial charge in [0.05, 0.1) is 9.83 Å². The molecule has 1 aromatic carbocycles. The van der Waals surface area contributed by atoms with E-state index in [1.807, 2.05) is 12.1 Å². The number of benzene rings is 1. The van der Waals surface area contributed by atoms with Crippen molar-refractivity contribution in [2.24, 2.45) is 5.84 Å². The van der Waals surface area contributed by atoms with E-state index in [1.54, 1.807) is 29.5 Å². The summed E-state index contributed by atoms with van der Waals surface area (Å²) >= 11 is 4.97. The molecule has 108 valence electrons. The lowest BCUT2D eigenvalue weighted by atomic mass is 10.0. The fourth-order valence-corrected chi connectivity index (χ4v) is 3.42. The number of para-hydroxylation sites is 1. The normalized spacial score (nSPS) is 12.7. The van der Waals surface area contributed by atoms with Crippen molar-refractivity contribution in [1.82, 2.24) is 5.43 Å². The quantitative estimate of drug-likeness (QED) is 0.605. The summed E-state index contributed by atoms with van der Waals surface area (Å²) in [5.41, 5.74) is 3.27. The standard InChI is InChI=1S/C13H13BrF2N2OS/c14-12-6-5-8(20-12)7-10(18-17)9-3-1-2-4-11(9)19-13(15)16/h1-6,10,13,18H,7,17H2. The van der Waals surface area contributed by atoms with Crippen LogP contribution in [0.25, 0.3) is 0 Å². The maximum atomic E-state index is 12.4. The van der Waals surface area contributed by atoms with Crippen LogP contribution in [0, 0.1) is 0 Å². The molecule has 0 aliphatic heterocycles. The molecule has 0 radical (unpaired) electrons. The zero-order chi connectivity index (χ0) is 14.5. The molecule has 0 aliphatic carbocycles. The molecule has 0 saturated carbocycles. The van der Waals surface area contributed by atoms with E-state index in [0.29, 0.717) is 12.0 Å². The molecule has 0 fully saturated rings. The summed E-state index contributed by atoms with van der Waals surface area (Å²) < 4.78 is 30.4. The first kappa shape index (κ1) is 15.4. The Labute approximate surface area is 127 Å². The van der Waals surface area contributed by atoms with E-state index in [4.69, 9.17) is 5.84 Å². The van der Waals surface area contributed by atoms with Crippen LogP contribution in [0.1, 0.15) is 16.5 Å². The van der Waals surface area contributed by atoms with E-state index in [2.05, 4.69) is 26.1 Å². The summed E-state index contributed by atoms with van der Waals surface area (Å²) in [6, 6.07) is 10.3.